The summed E-state index contributed by atoms with van der Waals surface area (Å²) >= 11 is 0. The van der Waals surface area contributed by atoms with Crippen LogP contribution in [-0.2, 0) is 28.2 Å². The second-order valence-corrected chi connectivity index (χ2v) is 29.5. The normalized spacial score (nSPS) is 11.9. The molecule has 0 radical (unpaired) electrons. The Morgan fingerprint density at radius 1 is 0.274 bits per heavy atom. The highest BCUT2D eigenvalue weighted by molar-refractivity contribution is 6.13. The molecule has 0 N–H and O–H groups in total. The molecule has 12 heterocycles. The summed E-state index contributed by atoms with van der Waals surface area (Å²) in [5.74, 6) is 0. The maximum atomic E-state index is 8.15. The fraction of sp³-hybridized carbons (Fsp3) is 0.129. The fourth-order valence-corrected chi connectivity index (χ4v) is 16.2. The van der Waals surface area contributed by atoms with Crippen LogP contribution in [0.5, 0.6) is 0 Å². The van der Waals surface area contributed by atoms with E-state index in [0.717, 1.165) is 127 Å². The largest absolute Gasteiger partial charge is 0.437 e. The molecule has 550 valence electrons. The van der Waals surface area contributed by atoms with Crippen LogP contribution in [0.1, 0.15) is 54.3 Å². The molecule has 0 fully saturated rings. The van der Waals surface area contributed by atoms with Crippen LogP contribution in [0.25, 0.3) is 178 Å². The van der Waals surface area contributed by atoms with Crippen LogP contribution in [0.2, 0.25) is 0 Å². The lowest BCUT2D eigenvalue weighted by Gasteiger charge is -2.11. The van der Waals surface area contributed by atoms with Gasteiger partial charge in [-0.15, -0.1) is 0 Å². The molecule has 0 bridgehead atoms. The minimum Gasteiger partial charge on any atom is -0.437 e. The van der Waals surface area contributed by atoms with Crippen molar-refractivity contribution in [3.63, 3.8) is 0 Å². The summed E-state index contributed by atoms with van der Waals surface area (Å²) in [6.07, 6.45) is 13.9. The van der Waals surface area contributed by atoms with Crippen LogP contribution >= 0.6 is 0 Å². The van der Waals surface area contributed by atoms with Gasteiger partial charge in [0, 0.05) is 119 Å². The molecule has 0 spiro atoms. The number of rotatable bonds is 8. The maximum absolute atomic E-state index is 8.15. The van der Waals surface area contributed by atoms with E-state index in [9.17, 15) is 0 Å². The molecule has 0 unspecified atom stereocenters. The number of benzene rings is 8. The van der Waals surface area contributed by atoms with Crippen LogP contribution in [0.3, 0.4) is 0 Å². The molecule has 8 aromatic carbocycles. The number of hydrogen-bond donors (Lipinski definition) is 0. The minimum absolute atomic E-state index is 0.295. The quantitative estimate of drug-likeness (QED) is 0.138. The first-order valence-corrected chi connectivity index (χ1v) is 38.0. The summed E-state index contributed by atoms with van der Waals surface area (Å²) in [5, 5.41) is 7.86. The van der Waals surface area contributed by atoms with Gasteiger partial charge in [-0.05, 0) is 189 Å². The summed E-state index contributed by atoms with van der Waals surface area (Å²) in [6.45, 7) is 14.4. The Bertz CT molecular complexity index is 7210. The van der Waals surface area contributed by atoms with Gasteiger partial charge < -0.3 is 17.7 Å². The number of aromatic nitrogens is 8. The Kier molecular flexibility index (Phi) is 18.1. The molecular formula is C101H86N8O4+4. The molecule has 0 saturated heterocycles. The first-order chi connectivity index (χ1) is 56.1. The van der Waals surface area contributed by atoms with Crippen molar-refractivity contribution in [2.24, 2.45) is 28.2 Å². The summed E-state index contributed by atoms with van der Waals surface area (Å²) in [5.41, 5.74) is 33.0. The summed E-state index contributed by atoms with van der Waals surface area (Å²) < 4.78 is 58.0. The van der Waals surface area contributed by atoms with Crippen molar-refractivity contribution in [1.82, 2.24) is 19.9 Å². The number of aryl methyl sites for hydroxylation is 13. The fourth-order valence-electron chi connectivity index (χ4n) is 16.2. The predicted octanol–water partition coefficient (Wildman–Crippen LogP) is 23.3. The van der Waals surface area contributed by atoms with Gasteiger partial charge in [-0.3, -0.25) is 0 Å². The molecule has 20 aromatic rings. The van der Waals surface area contributed by atoms with Crippen LogP contribution in [0.15, 0.2) is 304 Å². The Labute approximate surface area is 660 Å². The molecule has 0 aliphatic heterocycles. The van der Waals surface area contributed by atoms with E-state index >= 15 is 0 Å². The minimum atomic E-state index is -2.27. The summed E-state index contributed by atoms with van der Waals surface area (Å²) in [7, 11) is 8.25. The topological polar surface area (TPSA) is 120 Å². The Morgan fingerprint density at radius 3 is 1.19 bits per heavy atom. The summed E-state index contributed by atoms with van der Waals surface area (Å²) in [4.78, 5) is 17.8. The van der Waals surface area contributed by atoms with Gasteiger partial charge in [0.25, 0.3) is 0 Å². The number of nitrogens with zero attached hydrogens (tertiary/aromatic N) is 8. The first-order valence-electron chi connectivity index (χ1n) is 39.5. The SMILES string of the molecule is Cc1c[n+](C)c(-c2c(C)ccc3c2oc2ncccc23)cc1-c1ccccc1.Cc1cc(C)c2c(oc3ncccc32)c1-c1cc(-c2ccccc2)cc[n+]1C.Cc1ccc2c(oc3ncccc32)c1-c1cc(-c2ccccc2)cc[n+]1C.[2H]C([2H])([2H])c1cc(C)c(-c2cc(C)c(-c3ccccc3)c[n+]2C)c2oc3nc(C)ccc3c12. The molecule has 0 aliphatic rings. The van der Waals surface area contributed by atoms with E-state index < -0.39 is 6.85 Å². The van der Waals surface area contributed by atoms with E-state index in [1.165, 1.54) is 61.2 Å². The third kappa shape index (κ3) is 13.4. The second-order valence-electron chi connectivity index (χ2n) is 29.5. The van der Waals surface area contributed by atoms with Crippen molar-refractivity contribution in [3.05, 3.63) is 336 Å². The highest BCUT2D eigenvalue weighted by Crippen LogP contribution is 2.44. The average molecular weight is 1480 g/mol. The number of fused-ring (bicyclic) bond motifs is 12. The van der Waals surface area contributed by atoms with Gasteiger partial charge in [-0.1, -0.05) is 158 Å². The zero-order valence-electron chi connectivity index (χ0n) is 68.3. The van der Waals surface area contributed by atoms with E-state index in [4.69, 9.17) is 21.8 Å². The zero-order valence-corrected chi connectivity index (χ0v) is 65.3. The van der Waals surface area contributed by atoms with Crippen LogP contribution < -0.4 is 18.3 Å². The third-order valence-electron chi connectivity index (χ3n) is 21.8. The van der Waals surface area contributed by atoms with E-state index in [1.54, 1.807) is 24.7 Å². The van der Waals surface area contributed by atoms with Crippen LogP contribution in [-0.4, -0.2) is 19.9 Å². The summed E-state index contributed by atoms with van der Waals surface area (Å²) in [6, 6.07) is 83.4. The highest BCUT2D eigenvalue weighted by atomic mass is 16.4. The predicted molar refractivity (Wildman–Crippen MR) is 457 cm³/mol. The molecule has 0 aliphatic carbocycles. The van der Waals surface area contributed by atoms with Gasteiger partial charge in [-0.25, -0.2) is 38.2 Å². The van der Waals surface area contributed by atoms with E-state index in [2.05, 4.69) is 302 Å². The molecule has 20 rings (SSSR count). The van der Waals surface area contributed by atoms with Gasteiger partial charge in [0.2, 0.25) is 45.6 Å². The van der Waals surface area contributed by atoms with Gasteiger partial charge >= 0.3 is 0 Å². The van der Waals surface area contributed by atoms with E-state index in [-0.39, 0.29) is 0 Å². The zero-order chi connectivity index (χ0) is 80.4. The smallest absolute Gasteiger partial charge is 0.227 e. The monoisotopic (exact) mass is 1480 g/mol. The molecular weight excluding hydrogens is 1390 g/mol. The second kappa shape index (κ2) is 29.9. The van der Waals surface area contributed by atoms with Gasteiger partial charge in [0.05, 0.1) is 22.3 Å². The van der Waals surface area contributed by atoms with Gasteiger partial charge in [0.1, 0.15) is 28.2 Å². The molecule has 12 heteroatoms. The lowest BCUT2D eigenvalue weighted by atomic mass is 9.95. The van der Waals surface area contributed by atoms with Crippen LogP contribution in [0, 0.1) is 62.2 Å². The molecule has 0 amide bonds. The lowest BCUT2D eigenvalue weighted by Crippen LogP contribution is -2.31. The van der Waals surface area contributed by atoms with Gasteiger partial charge in [0.15, 0.2) is 47.1 Å². The molecule has 0 saturated carbocycles. The van der Waals surface area contributed by atoms with Crippen molar-refractivity contribution in [3.8, 4) is 89.5 Å². The number of pyridine rings is 8. The Balaban J connectivity index is 0.000000112. The molecule has 0 atom stereocenters. The van der Waals surface area contributed by atoms with Crippen molar-refractivity contribution in [1.29, 1.82) is 0 Å². The number of hydrogen-bond acceptors (Lipinski definition) is 8. The third-order valence-corrected chi connectivity index (χ3v) is 21.8. The number of furan rings is 4. The molecule has 113 heavy (non-hydrogen) atoms. The Hall–Kier alpha value is -13.8. The molecule has 12 nitrogen and oxygen atoms in total. The van der Waals surface area contributed by atoms with Crippen molar-refractivity contribution < 1.29 is 40.0 Å². The maximum Gasteiger partial charge on any atom is 0.227 e. The van der Waals surface area contributed by atoms with Crippen LogP contribution in [0.4, 0.5) is 0 Å². The Morgan fingerprint density at radius 2 is 0.673 bits per heavy atom. The highest BCUT2D eigenvalue weighted by Gasteiger charge is 2.29. The van der Waals surface area contributed by atoms with Crippen molar-refractivity contribution in [2.75, 3.05) is 0 Å². The molecule has 12 aromatic heterocycles. The average Bonchev–Trinajstić information content (AvgIpc) is 1.58. The first kappa shape index (κ1) is 68.4. The standard InChI is InChI=1S/C27H25N2O.2C25H21N2O.C24H19N2O/c1-16-14-23(29(5)15-22(16)20-9-7-6-8-10-20)25-18(3)13-17(2)24-21-12-11-19(4)28-27(21)30-26(24)25;1-16-11-12-19-20-10-7-13-26-25(20)28-24(19)23(16)22-14-21(17(2)15-27(22)3)18-8-5-4-6-9-18;1-16-14-17(2)23(24-22(16)20-10-7-12-26-25(20)28-24)21-15-19(11-13-27(21)3)18-8-5-4-6-9-18;1-16-10-11-19-20-9-6-13-25-24(20)27-23(19)22(16)21-15-18(12-14-26(21)2)17-7-4-3-5-8-17/h6-15H,1-5H3;2*4-15H,1-3H3;3-15H,1-2H3/q4*+1/i2D3;;;. The van der Waals surface area contributed by atoms with Crippen molar-refractivity contribution in [2.45, 2.75) is 62.2 Å². The van der Waals surface area contributed by atoms with E-state index in [1.807, 2.05) is 81.6 Å². The van der Waals surface area contributed by atoms with Crippen molar-refractivity contribution >= 4 is 88.3 Å². The van der Waals surface area contributed by atoms with E-state index in [0.29, 0.717) is 39.4 Å². The van der Waals surface area contributed by atoms with Gasteiger partial charge in [-0.2, -0.15) is 0 Å². The lowest BCUT2D eigenvalue weighted by molar-refractivity contribution is -0.660.